The highest BCUT2D eigenvalue weighted by Gasteiger charge is 2.09. The van der Waals surface area contributed by atoms with Crippen molar-refractivity contribution in [2.45, 2.75) is 18.9 Å². The van der Waals surface area contributed by atoms with Crippen molar-refractivity contribution < 1.29 is 15.0 Å². The van der Waals surface area contributed by atoms with Gasteiger partial charge in [-0.05, 0) is 35.8 Å². The topological polar surface area (TPSA) is 70.4 Å². The van der Waals surface area contributed by atoms with E-state index in [1.807, 2.05) is 54.6 Å². The quantitative estimate of drug-likeness (QED) is 0.854. The molecule has 1 atom stereocenters. The van der Waals surface area contributed by atoms with Crippen LogP contribution >= 0.6 is 0 Å². The number of carboxylic acids is 1. The maximum Gasteiger partial charge on any atom is 0.303 e. The lowest BCUT2D eigenvalue weighted by Gasteiger charge is -2.09. The average molecular weight is 283 g/mol. The van der Waals surface area contributed by atoms with Crippen LogP contribution in [0.5, 0.6) is 0 Å². The monoisotopic (exact) mass is 283 g/mol. The van der Waals surface area contributed by atoms with E-state index in [-0.39, 0.29) is 12.8 Å². The zero-order valence-corrected chi connectivity index (χ0v) is 11.5. The molecule has 0 saturated carbocycles. The summed E-state index contributed by atoms with van der Waals surface area (Å²) in [5.74, 6) is -0.899. The molecule has 1 heterocycles. The second kappa shape index (κ2) is 7.36. The van der Waals surface area contributed by atoms with Crippen molar-refractivity contribution in [1.29, 1.82) is 0 Å². The van der Waals surface area contributed by atoms with Crippen LogP contribution in [-0.4, -0.2) is 21.2 Å². The fourth-order valence-corrected chi connectivity index (χ4v) is 1.91. The Hall–Kier alpha value is -2.46. The first-order valence-electron chi connectivity index (χ1n) is 6.74. The summed E-state index contributed by atoms with van der Waals surface area (Å²) >= 11 is 0. The Morgan fingerprint density at radius 1 is 1.14 bits per heavy atom. The van der Waals surface area contributed by atoms with Gasteiger partial charge < -0.3 is 10.2 Å². The molecule has 108 valence electrons. The highest BCUT2D eigenvalue weighted by atomic mass is 16.4. The van der Waals surface area contributed by atoms with Crippen molar-refractivity contribution in [3.8, 4) is 0 Å². The van der Waals surface area contributed by atoms with E-state index in [2.05, 4.69) is 4.98 Å². The van der Waals surface area contributed by atoms with Crippen LogP contribution in [0.1, 0.15) is 35.8 Å². The molecule has 0 aliphatic carbocycles. The van der Waals surface area contributed by atoms with E-state index in [1.165, 1.54) is 0 Å². The van der Waals surface area contributed by atoms with E-state index in [1.54, 1.807) is 6.20 Å². The highest BCUT2D eigenvalue weighted by Crippen LogP contribution is 2.19. The Balaban J connectivity index is 1.98. The van der Waals surface area contributed by atoms with Gasteiger partial charge in [-0.1, -0.05) is 36.4 Å². The number of aliphatic hydroxyl groups is 1. The Morgan fingerprint density at radius 2 is 1.90 bits per heavy atom. The predicted molar refractivity (Wildman–Crippen MR) is 81.4 cm³/mol. The summed E-state index contributed by atoms with van der Waals surface area (Å²) in [5.41, 5.74) is 2.60. The number of carbonyl (C=O) groups is 1. The lowest BCUT2D eigenvalue weighted by atomic mass is 10.0. The first kappa shape index (κ1) is 14.9. The zero-order chi connectivity index (χ0) is 15.1. The molecule has 1 unspecified atom stereocenters. The molecule has 2 rings (SSSR count). The molecule has 0 fully saturated rings. The highest BCUT2D eigenvalue weighted by molar-refractivity contribution is 5.68. The largest absolute Gasteiger partial charge is 0.481 e. The van der Waals surface area contributed by atoms with E-state index in [9.17, 15) is 9.90 Å². The number of hydrogen-bond donors (Lipinski definition) is 2. The molecule has 0 aliphatic rings. The molecular weight excluding hydrogens is 266 g/mol. The molecular formula is C17H17NO3. The van der Waals surface area contributed by atoms with Gasteiger partial charge in [-0.3, -0.25) is 9.78 Å². The van der Waals surface area contributed by atoms with Crippen LogP contribution in [-0.2, 0) is 4.79 Å². The van der Waals surface area contributed by atoms with Gasteiger partial charge in [-0.25, -0.2) is 0 Å². The second-order valence-corrected chi connectivity index (χ2v) is 4.70. The van der Waals surface area contributed by atoms with Gasteiger partial charge in [-0.15, -0.1) is 0 Å². The number of benzene rings is 1. The molecule has 4 heteroatoms. The van der Waals surface area contributed by atoms with E-state index in [0.717, 1.165) is 16.8 Å². The van der Waals surface area contributed by atoms with Gasteiger partial charge in [0.25, 0.3) is 0 Å². The number of nitrogens with zero attached hydrogens (tertiary/aromatic N) is 1. The predicted octanol–water partition coefficient (Wildman–Crippen LogP) is 3.15. The van der Waals surface area contributed by atoms with E-state index >= 15 is 0 Å². The molecule has 0 amide bonds. The number of hydrogen-bond acceptors (Lipinski definition) is 3. The van der Waals surface area contributed by atoms with E-state index in [0.29, 0.717) is 0 Å². The van der Waals surface area contributed by atoms with Crippen molar-refractivity contribution >= 4 is 18.1 Å². The molecule has 0 spiro atoms. The third-order valence-electron chi connectivity index (χ3n) is 3.09. The summed E-state index contributed by atoms with van der Waals surface area (Å²) in [7, 11) is 0. The fraction of sp³-hybridized carbons (Fsp3) is 0.176. The van der Waals surface area contributed by atoms with Crippen molar-refractivity contribution in [2.24, 2.45) is 0 Å². The number of aromatic nitrogens is 1. The van der Waals surface area contributed by atoms with Crippen LogP contribution in [0.3, 0.4) is 0 Å². The molecule has 21 heavy (non-hydrogen) atoms. The summed E-state index contributed by atoms with van der Waals surface area (Å²) in [6, 6.07) is 13.1. The SMILES string of the molecule is O=C(O)CCC(O)c1ccc(/C=C/c2ccccn2)cc1. The maximum absolute atomic E-state index is 10.5. The summed E-state index contributed by atoms with van der Waals surface area (Å²) < 4.78 is 0. The first-order chi connectivity index (χ1) is 10.1. The third-order valence-corrected chi connectivity index (χ3v) is 3.09. The van der Waals surface area contributed by atoms with Crippen LogP contribution in [0.25, 0.3) is 12.2 Å². The molecule has 0 saturated heterocycles. The fourth-order valence-electron chi connectivity index (χ4n) is 1.91. The molecule has 2 aromatic rings. The van der Waals surface area contributed by atoms with Gasteiger partial charge in [0, 0.05) is 12.6 Å². The van der Waals surface area contributed by atoms with Crippen LogP contribution < -0.4 is 0 Å². The number of carboxylic acid groups (broad SMARTS) is 1. The Kier molecular flexibility index (Phi) is 5.23. The second-order valence-electron chi connectivity index (χ2n) is 4.70. The Morgan fingerprint density at radius 3 is 2.52 bits per heavy atom. The van der Waals surface area contributed by atoms with Gasteiger partial charge in [0.2, 0.25) is 0 Å². The van der Waals surface area contributed by atoms with Crippen molar-refractivity contribution in [3.05, 3.63) is 65.5 Å². The lowest BCUT2D eigenvalue weighted by Crippen LogP contribution is -2.02. The van der Waals surface area contributed by atoms with Gasteiger partial charge in [0.1, 0.15) is 0 Å². The van der Waals surface area contributed by atoms with Gasteiger partial charge >= 0.3 is 5.97 Å². The summed E-state index contributed by atoms with van der Waals surface area (Å²) in [5, 5.41) is 18.5. The van der Waals surface area contributed by atoms with E-state index < -0.39 is 12.1 Å². The molecule has 0 bridgehead atoms. The molecule has 4 nitrogen and oxygen atoms in total. The standard InChI is InChI=1S/C17H17NO3/c19-16(10-11-17(20)21)14-7-4-13(5-8-14)6-9-15-3-1-2-12-18-15/h1-9,12,16,19H,10-11H2,(H,20,21)/b9-6+. The molecule has 2 N–H and O–H groups in total. The molecule has 1 aromatic carbocycles. The van der Waals surface area contributed by atoms with Crippen molar-refractivity contribution in [1.82, 2.24) is 4.98 Å². The van der Waals surface area contributed by atoms with E-state index in [4.69, 9.17) is 5.11 Å². The summed E-state index contributed by atoms with van der Waals surface area (Å²) in [4.78, 5) is 14.7. The smallest absolute Gasteiger partial charge is 0.303 e. The molecule has 1 aromatic heterocycles. The summed E-state index contributed by atoms with van der Waals surface area (Å²) in [6.45, 7) is 0. The minimum atomic E-state index is -0.899. The Bertz CT molecular complexity index is 606. The minimum Gasteiger partial charge on any atom is -0.481 e. The zero-order valence-electron chi connectivity index (χ0n) is 11.5. The first-order valence-corrected chi connectivity index (χ1v) is 6.74. The minimum absolute atomic E-state index is 0.0392. The van der Waals surface area contributed by atoms with Crippen LogP contribution in [0, 0.1) is 0 Å². The number of rotatable bonds is 6. The molecule has 0 aliphatic heterocycles. The number of aliphatic carboxylic acids is 1. The normalized spacial score (nSPS) is 12.4. The third kappa shape index (κ3) is 4.85. The van der Waals surface area contributed by atoms with Crippen LogP contribution in [0.4, 0.5) is 0 Å². The maximum atomic E-state index is 10.5. The van der Waals surface area contributed by atoms with Crippen molar-refractivity contribution in [3.63, 3.8) is 0 Å². The van der Waals surface area contributed by atoms with Gasteiger partial charge in [0.15, 0.2) is 0 Å². The van der Waals surface area contributed by atoms with Gasteiger partial charge in [0.05, 0.1) is 11.8 Å². The summed E-state index contributed by atoms with van der Waals surface area (Å²) in [6.07, 6.45) is 5.03. The average Bonchev–Trinajstić information content (AvgIpc) is 2.52. The number of aliphatic hydroxyl groups excluding tert-OH is 1. The lowest BCUT2D eigenvalue weighted by molar-refractivity contribution is -0.137. The van der Waals surface area contributed by atoms with Crippen LogP contribution in [0.15, 0.2) is 48.7 Å². The van der Waals surface area contributed by atoms with Crippen molar-refractivity contribution in [2.75, 3.05) is 0 Å². The Labute approximate surface area is 123 Å². The van der Waals surface area contributed by atoms with Gasteiger partial charge in [-0.2, -0.15) is 0 Å². The van der Waals surface area contributed by atoms with Crippen LogP contribution in [0.2, 0.25) is 0 Å². The number of pyridine rings is 1. The molecule has 0 radical (unpaired) electrons.